The van der Waals surface area contributed by atoms with Crippen molar-refractivity contribution in [3.63, 3.8) is 0 Å². The Balaban J connectivity index is 2.53. The number of aromatic nitrogens is 1. The number of ether oxygens (including phenoxy) is 2. The van der Waals surface area contributed by atoms with E-state index in [0.717, 1.165) is 18.2 Å². The van der Waals surface area contributed by atoms with Crippen LogP contribution in [0.15, 0.2) is 30.3 Å². The van der Waals surface area contributed by atoms with Gasteiger partial charge in [0.05, 0.1) is 7.11 Å². The summed E-state index contributed by atoms with van der Waals surface area (Å²) in [5.74, 6) is -0.332. The normalized spacial score (nSPS) is 11.3. The first kappa shape index (κ1) is 15.0. The molecule has 21 heavy (non-hydrogen) atoms. The second kappa shape index (κ2) is 5.51. The molecular weight excluding hydrogens is 287 g/mol. The monoisotopic (exact) mass is 299 g/mol. The van der Waals surface area contributed by atoms with Gasteiger partial charge < -0.3 is 14.6 Å². The predicted octanol–water partition coefficient (Wildman–Crippen LogP) is 3.67. The molecule has 0 saturated carbocycles. The van der Waals surface area contributed by atoms with E-state index in [1.165, 1.54) is 7.11 Å². The van der Waals surface area contributed by atoms with Crippen molar-refractivity contribution in [2.45, 2.75) is 13.3 Å². The number of hydrogen-bond acceptors (Lipinski definition) is 4. The van der Waals surface area contributed by atoms with Gasteiger partial charge in [-0.25, -0.2) is 4.98 Å². The standard InChI is InChI=1S/C14H12F3NO3/c1-8-3-6-12(20-2)13(18-8)10-7-9(4-5-11(10)19)21-14(15,16)17/h3-7,19H,1-2H3. The first-order chi connectivity index (χ1) is 9.80. The van der Waals surface area contributed by atoms with E-state index in [1.807, 2.05) is 0 Å². The van der Waals surface area contributed by atoms with Gasteiger partial charge in [-0.1, -0.05) is 0 Å². The highest BCUT2D eigenvalue weighted by molar-refractivity contribution is 5.73. The maximum absolute atomic E-state index is 12.3. The van der Waals surface area contributed by atoms with Crippen LogP contribution in [0.25, 0.3) is 11.3 Å². The minimum absolute atomic E-state index is 0.0947. The minimum atomic E-state index is -4.81. The lowest BCUT2D eigenvalue weighted by molar-refractivity contribution is -0.274. The van der Waals surface area contributed by atoms with Crippen molar-refractivity contribution in [3.8, 4) is 28.5 Å². The Bertz CT molecular complexity index is 656. The van der Waals surface area contributed by atoms with Crippen LogP contribution in [0.1, 0.15) is 5.69 Å². The summed E-state index contributed by atoms with van der Waals surface area (Å²) in [5.41, 5.74) is 0.965. The number of nitrogens with zero attached hydrogens (tertiary/aromatic N) is 1. The van der Waals surface area contributed by atoms with Crippen molar-refractivity contribution in [2.75, 3.05) is 7.11 Å². The average Bonchev–Trinajstić information content (AvgIpc) is 2.39. The van der Waals surface area contributed by atoms with Gasteiger partial charge >= 0.3 is 6.36 Å². The van der Waals surface area contributed by atoms with Crippen LogP contribution in [0.3, 0.4) is 0 Å². The number of methoxy groups -OCH3 is 1. The van der Waals surface area contributed by atoms with E-state index < -0.39 is 12.1 Å². The van der Waals surface area contributed by atoms with Crippen molar-refractivity contribution < 1.29 is 27.8 Å². The predicted molar refractivity (Wildman–Crippen MR) is 69.3 cm³/mol. The average molecular weight is 299 g/mol. The minimum Gasteiger partial charge on any atom is -0.507 e. The molecule has 0 aliphatic carbocycles. The third-order valence-corrected chi connectivity index (χ3v) is 2.67. The highest BCUT2D eigenvalue weighted by Gasteiger charge is 2.31. The molecule has 0 radical (unpaired) electrons. The zero-order valence-corrected chi connectivity index (χ0v) is 11.2. The van der Waals surface area contributed by atoms with Crippen LogP contribution < -0.4 is 9.47 Å². The molecule has 1 aromatic carbocycles. The number of aromatic hydroxyl groups is 1. The van der Waals surface area contributed by atoms with Gasteiger partial charge in [0.2, 0.25) is 0 Å². The summed E-state index contributed by atoms with van der Waals surface area (Å²) in [6.07, 6.45) is -4.81. The highest BCUT2D eigenvalue weighted by atomic mass is 19.4. The molecule has 7 heteroatoms. The zero-order chi connectivity index (χ0) is 15.6. The van der Waals surface area contributed by atoms with Crippen molar-refractivity contribution in [3.05, 3.63) is 36.0 Å². The van der Waals surface area contributed by atoms with Crippen LogP contribution in [0.4, 0.5) is 13.2 Å². The third kappa shape index (κ3) is 3.56. The Morgan fingerprint density at radius 3 is 2.48 bits per heavy atom. The van der Waals surface area contributed by atoms with Crippen molar-refractivity contribution in [1.82, 2.24) is 4.98 Å². The molecule has 0 aliphatic rings. The fourth-order valence-corrected chi connectivity index (χ4v) is 1.80. The Kier molecular flexibility index (Phi) is 3.93. The Labute approximate surface area is 118 Å². The van der Waals surface area contributed by atoms with Gasteiger partial charge in [0.1, 0.15) is 22.9 Å². The number of phenolic OH excluding ortho intramolecular Hbond substituents is 1. The molecule has 0 bridgehead atoms. The smallest absolute Gasteiger partial charge is 0.507 e. The molecule has 2 rings (SSSR count). The molecular formula is C14H12F3NO3. The van der Waals surface area contributed by atoms with Crippen LogP contribution in [0, 0.1) is 6.92 Å². The lowest BCUT2D eigenvalue weighted by Crippen LogP contribution is -2.17. The van der Waals surface area contributed by atoms with Crippen molar-refractivity contribution in [2.24, 2.45) is 0 Å². The summed E-state index contributed by atoms with van der Waals surface area (Å²) in [5, 5.41) is 9.87. The second-order valence-electron chi connectivity index (χ2n) is 4.23. The fraction of sp³-hybridized carbons (Fsp3) is 0.214. The number of hydrogen-bond donors (Lipinski definition) is 1. The maximum atomic E-state index is 12.3. The lowest BCUT2D eigenvalue weighted by Gasteiger charge is -2.13. The van der Waals surface area contributed by atoms with E-state index in [2.05, 4.69) is 9.72 Å². The van der Waals surface area contributed by atoms with E-state index in [1.54, 1.807) is 19.1 Å². The number of halogens is 3. The lowest BCUT2D eigenvalue weighted by atomic mass is 10.1. The van der Waals surface area contributed by atoms with E-state index in [4.69, 9.17) is 4.74 Å². The van der Waals surface area contributed by atoms with Gasteiger partial charge in [0, 0.05) is 11.3 Å². The first-order valence-corrected chi connectivity index (χ1v) is 5.91. The molecule has 1 N–H and O–H groups in total. The summed E-state index contributed by atoms with van der Waals surface area (Å²) >= 11 is 0. The number of pyridine rings is 1. The van der Waals surface area contributed by atoms with Gasteiger partial charge in [-0.15, -0.1) is 13.2 Å². The molecule has 0 saturated heterocycles. The Morgan fingerprint density at radius 2 is 1.86 bits per heavy atom. The van der Waals surface area contributed by atoms with Crippen LogP contribution >= 0.6 is 0 Å². The molecule has 0 unspecified atom stereocenters. The summed E-state index contributed by atoms with van der Waals surface area (Å²) in [4.78, 5) is 4.19. The molecule has 2 aromatic rings. The molecule has 0 fully saturated rings. The van der Waals surface area contributed by atoms with E-state index in [-0.39, 0.29) is 17.0 Å². The molecule has 0 atom stereocenters. The molecule has 1 aromatic heterocycles. The third-order valence-electron chi connectivity index (χ3n) is 2.67. The summed E-state index contributed by atoms with van der Waals surface area (Å²) < 4.78 is 45.7. The van der Waals surface area contributed by atoms with E-state index in [9.17, 15) is 18.3 Å². The van der Waals surface area contributed by atoms with E-state index in [0.29, 0.717) is 11.4 Å². The summed E-state index contributed by atoms with van der Waals surface area (Å²) in [7, 11) is 1.41. The molecule has 112 valence electrons. The maximum Gasteiger partial charge on any atom is 0.573 e. The Morgan fingerprint density at radius 1 is 1.14 bits per heavy atom. The van der Waals surface area contributed by atoms with Crippen molar-refractivity contribution in [1.29, 1.82) is 0 Å². The largest absolute Gasteiger partial charge is 0.573 e. The molecule has 0 amide bonds. The Hall–Kier alpha value is -2.44. The van der Waals surface area contributed by atoms with Gasteiger partial charge in [0.25, 0.3) is 0 Å². The topological polar surface area (TPSA) is 51.6 Å². The SMILES string of the molecule is COc1ccc(C)nc1-c1cc(OC(F)(F)F)ccc1O. The zero-order valence-electron chi connectivity index (χ0n) is 11.2. The summed E-state index contributed by atoms with van der Waals surface area (Å²) in [6.45, 7) is 1.72. The van der Waals surface area contributed by atoms with Gasteiger partial charge in [-0.2, -0.15) is 0 Å². The number of aryl methyl sites for hydroxylation is 1. The van der Waals surface area contributed by atoms with Crippen LogP contribution in [0.5, 0.6) is 17.2 Å². The fourth-order valence-electron chi connectivity index (χ4n) is 1.80. The van der Waals surface area contributed by atoms with E-state index >= 15 is 0 Å². The quantitative estimate of drug-likeness (QED) is 0.939. The first-order valence-electron chi connectivity index (χ1n) is 5.91. The molecule has 0 spiro atoms. The van der Waals surface area contributed by atoms with Crippen molar-refractivity contribution >= 4 is 0 Å². The van der Waals surface area contributed by atoms with Gasteiger partial charge in [-0.3, -0.25) is 0 Å². The number of benzene rings is 1. The van der Waals surface area contributed by atoms with Gasteiger partial charge in [0.15, 0.2) is 0 Å². The van der Waals surface area contributed by atoms with Crippen LogP contribution in [0.2, 0.25) is 0 Å². The van der Waals surface area contributed by atoms with Gasteiger partial charge in [-0.05, 0) is 37.3 Å². The highest BCUT2D eigenvalue weighted by Crippen LogP contribution is 2.37. The molecule has 1 heterocycles. The van der Waals surface area contributed by atoms with Crippen LogP contribution in [-0.4, -0.2) is 23.6 Å². The summed E-state index contributed by atoms with van der Waals surface area (Å²) in [6, 6.07) is 6.51. The molecule has 4 nitrogen and oxygen atoms in total. The number of rotatable bonds is 3. The second-order valence-corrected chi connectivity index (χ2v) is 4.23. The molecule has 0 aliphatic heterocycles. The van der Waals surface area contributed by atoms with Crippen LogP contribution in [-0.2, 0) is 0 Å². The number of alkyl halides is 3. The number of phenols is 1.